The van der Waals surface area contributed by atoms with E-state index < -0.39 is 12.5 Å². The number of hydrogen-bond donors (Lipinski definition) is 2. The third-order valence-electron chi connectivity index (χ3n) is 5.31. The lowest BCUT2D eigenvalue weighted by Crippen LogP contribution is -2.41. The number of carbonyl (C=O) groups excluding carboxylic acids is 1. The zero-order valence-corrected chi connectivity index (χ0v) is 16.9. The van der Waals surface area contributed by atoms with E-state index in [0.717, 1.165) is 18.0 Å². The Kier molecular flexibility index (Phi) is 6.12. The van der Waals surface area contributed by atoms with Gasteiger partial charge in [0.05, 0.1) is 6.10 Å². The molecule has 1 unspecified atom stereocenters. The fraction of sp³-hybridized carbons (Fsp3) is 0.400. The van der Waals surface area contributed by atoms with E-state index in [9.17, 15) is 23.1 Å². The topological polar surface area (TPSA) is 105 Å². The van der Waals surface area contributed by atoms with Crippen LogP contribution in [-0.2, 0) is 4.79 Å². The maximum Gasteiger partial charge on any atom is 0.573 e. The molecule has 0 bridgehead atoms. The van der Waals surface area contributed by atoms with E-state index in [2.05, 4.69) is 30.2 Å². The van der Waals surface area contributed by atoms with Crippen LogP contribution in [0.5, 0.6) is 5.75 Å². The van der Waals surface area contributed by atoms with Gasteiger partial charge in [-0.15, -0.1) is 28.5 Å². The van der Waals surface area contributed by atoms with Gasteiger partial charge in [-0.3, -0.25) is 4.79 Å². The van der Waals surface area contributed by atoms with Crippen LogP contribution in [0.4, 0.5) is 19.0 Å². The van der Waals surface area contributed by atoms with E-state index in [1.807, 2.05) is 12.1 Å². The average molecular weight is 450 g/mol. The summed E-state index contributed by atoms with van der Waals surface area (Å²) in [4.78, 5) is 14.6. The number of fused-ring (bicyclic) bond motifs is 1. The van der Waals surface area contributed by atoms with E-state index in [1.165, 1.54) is 18.5 Å². The van der Waals surface area contributed by atoms with Gasteiger partial charge >= 0.3 is 6.36 Å². The van der Waals surface area contributed by atoms with Gasteiger partial charge in [0.1, 0.15) is 17.9 Å². The normalized spacial score (nSPS) is 16.2. The first-order valence-electron chi connectivity index (χ1n) is 10.0. The predicted molar refractivity (Wildman–Crippen MR) is 107 cm³/mol. The van der Waals surface area contributed by atoms with Gasteiger partial charge in [-0.2, -0.15) is 4.52 Å². The molecule has 0 saturated carbocycles. The molecule has 4 rings (SSSR count). The summed E-state index contributed by atoms with van der Waals surface area (Å²) in [5.74, 6) is 0.0503. The van der Waals surface area contributed by atoms with Crippen LogP contribution < -0.4 is 15.0 Å². The van der Waals surface area contributed by atoms with Crippen LogP contribution in [0, 0.1) is 5.92 Å². The molecule has 2 N–H and O–H groups in total. The van der Waals surface area contributed by atoms with Crippen LogP contribution in [0.15, 0.2) is 42.7 Å². The van der Waals surface area contributed by atoms with Crippen LogP contribution in [0.3, 0.4) is 0 Å². The molecule has 0 spiro atoms. The third-order valence-corrected chi connectivity index (χ3v) is 5.31. The minimum atomic E-state index is -4.77. The monoisotopic (exact) mass is 450 g/mol. The second-order valence-corrected chi connectivity index (χ2v) is 7.46. The summed E-state index contributed by atoms with van der Waals surface area (Å²) < 4.78 is 42.1. The van der Waals surface area contributed by atoms with E-state index in [4.69, 9.17) is 0 Å². The maximum atomic E-state index is 12.5. The SMILES string of the molecule is O=C(NCC(O)c1ccc(OC(F)(F)F)cc1)C1CCN(c2ccc3nncn3n2)CC1. The van der Waals surface area contributed by atoms with Crippen LogP contribution >= 0.6 is 0 Å². The lowest BCUT2D eigenvalue weighted by Gasteiger charge is -2.32. The van der Waals surface area contributed by atoms with Gasteiger partial charge in [0.15, 0.2) is 5.65 Å². The molecule has 1 aromatic carbocycles. The molecule has 1 saturated heterocycles. The largest absolute Gasteiger partial charge is 0.573 e. The Bertz CT molecular complexity index is 1060. The number of halogens is 3. The fourth-order valence-electron chi connectivity index (χ4n) is 3.61. The molecule has 170 valence electrons. The Balaban J connectivity index is 1.25. The van der Waals surface area contributed by atoms with Crippen molar-refractivity contribution in [3.63, 3.8) is 0 Å². The van der Waals surface area contributed by atoms with Crippen LogP contribution in [0.25, 0.3) is 5.65 Å². The number of nitrogens with one attached hydrogen (secondary N) is 1. The van der Waals surface area contributed by atoms with E-state index in [0.29, 0.717) is 37.1 Å². The predicted octanol–water partition coefficient (Wildman–Crippen LogP) is 2.09. The smallest absolute Gasteiger partial charge is 0.406 e. The summed E-state index contributed by atoms with van der Waals surface area (Å²) in [6, 6.07) is 8.60. The number of alkyl halides is 3. The Hall–Kier alpha value is -3.41. The highest BCUT2D eigenvalue weighted by molar-refractivity contribution is 5.79. The molecule has 9 nitrogen and oxygen atoms in total. The molecule has 12 heteroatoms. The quantitative estimate of drug-likeness (QED) is 0.593. The van der Waals surface area contributed by atoms with Crippen LogP contribution in [0.1, 0.15) is 24.5 Å². The summed E-state index contributed by atoms with van der Waals surface area (Å²) >= 11 is 0. The van der Waals surface area contributed by atoms with Crippen LogP contribution in [-0.4, -0.2) is 56.8 Å². The highest BCUT2D eigenvalue weighted by atomic mass is 19.4. The van der Waals surface area contributed by atoms with Gasteiger partial charge in [-0.25, -0.2) is 0 Å². The third kappa shape index (κ3) is 5.25. The Morgan fingerprint density at radius 1 is 1.19 bits per heavy atom. The maximum absolute atomic E-state index is 12.5. The Labute approximate surface area is 180 Å². The zero-order valence-electron chi connectivity index (χ0n) is 16.9. The molecule has 1 aliphatic heterocycles. The number of aromatic nitrogens is 4. The summed E-state index contributed by atoms with van der Waals surface area (Å²) in [5, 5.41) is 25.2. The fourth-order valence-corrected chi connectivity index (χ4v) is 3.61. The van der Waals surface area contributed by atoms with Crippen molar-refractivity contribution < 1.29 is 27.8 Å². The van der Waals surface area contributed by atoms with Crippen molar-refractivity contribution in [3.8, 4) is 5.75 Å². The van der Waals surface area contributed by atoms with Crippen LogP contribution in [0.2, 0.25) is 0 Å². The minimum absolute atomic E-state index is 0.0373. The second kappa shape index (κ2) is 8.99. The minimum Gasteiger partial charge on any atom is -0.406 e. The van der Waals surface area contributed by atoms with Gasteiger partial charge in [0, 0.05) is 25.6 Å². The number of carbonyl (C=O) groups is 1. The highest BCUT2D eigenvalue weighted by Gasteiger charge is 2.31. The van der Waals surface area contributed by atoms with Gasteiger partial charge in [-0.1, -0.05) is 12.1 Å². The highest BCUT2D eigenvalue weighted by Crippen LogP contribution is 2.25. The lowest BCUT2D eigenvalue weighted by molar-refractivity contribution is -0.274. The molecule has 3 heterocycles. The number of aliphatic hydroxyl groups is 1. The van der Waals surface area contributed by atoms with Crippen molar-refractivity contribution in [2.24, 2.45) is 5.92 Å². The van der Waals surface area contributed by atoms with Gasteiger partial charge < -0.3 is 20.1 Å². The van der Waals surface area contributed by atoms with Crippen molar-refractivity contribution in [2.75, 3.05) is 24.5 Å². The molecule has 3 aromatic rings. The standard InChI is InChI=1S/C20H21F3N6O3/c21-20(22,23)32-15-3-1-13(2-4-15)16(30)11-24-19(31)14-7-9-28(10-8-14)18-6-5-17-26-25-12-29(17)27-18/h1-6,12,14,16,30H,7-11H2,(H,24,31). The Morgan fingerprint density at radius 2 is 1.91 bits per heavy atom. The summed E-state index contributed by atoms with van der Waals surface area (Å²) in [5.41, 5.74) is 1.04. The summed E-state index contributed by atoms with van der Waals surface area (Å²) in [6.07, 6.45) is -3.02. The number of nitrogens with zero attached hydrogens (tertiary/aromatic N) is 5. The zero-order chi connectivity index (χ0) is 22.7. The van der Waals surface area contributed by atoms with E-state index in [1.54, 1.807) is 4.52 Å². The molecule has 1 fully saturated rings. The molecule has 1 amide bonds. The average Bonchev–Trinajstić information content (AvgIpc) is 3.25. The molecule has 2 aromatic heterocycles. The number of amides is 1. The number of piperidine rings is 1. The van der Waals surface area contributed by atoms with Crippen molar-refractivity contribution in [3.05, 3.63) is 48.3 Å². The van der Waals surface area contributed by atoms with Gasteiger partial charge in [-0.05, 0) is 42.7 Å². The first kappa shape index (κ1) is 21.8. The summed E-state index contributed by atoms with van der Waals surface area (Å²) in [6.45, 7) is 1.27. The van der Waals surface area contributed by atoms with Gasteiger partial charge in [0.25, 0.3) is 0 Å². The molecule has 0 radical (unpaired) electrons. The first-order chi connectivity index (χ1) is 15.3. The molecule has 32 heavy (non-hydrogen) atoms. The molecular weight excluding hydrogens is 429 g/mol. The molecular formula is C20H21F3N6O3. The first-order valence-corrected chi connectivity index (χ1v) is 10.0. The molecule has 1 atom stereocenters. The van der Waals surface area contributed by atoms with Gasteiger partial charge in [0.2, 0.25) is 5.91 Å². The van der Waals surface area contributed by atoms with Crippen molar-refractivity contribution in [1.82, 2.24) is 25.1 Å². The molecule has 0 aliphatic carbocycles. The number of benzene rings is 1. The number of ether oxygens (including phenoxy) is 1. The van der Waals surface area contributed by atoms with Crippen molar-refractivity contribution >= 4 is 17.4 Å². The lowest BCUT2D eigenvalue weighted by atomic mass is 9.95. The van der Waals surface area contributed by atoms with E-state index in [-0.39, 0.29) is 24.1 Å². The number of rotatable bonds is 6. The number of anilines is 1. The second-order valence-electron chi connectivity index (χ2n) is 7.46. The van der Waals surface area contributed by atoms with Crippen molar-refractivity contribution in [2.45, 2.75) is 25.3 Å². The number of hydrogen-bond acceptors (Lipinski definition) is 7. The number of aliphatic hydroxyl groups excluding tert-OH is 1. The summed E-state index contributed by atoms with van der Waals surface area (Å²) in [7, 11) is 0. The Morgan fingerprint density at radius 3 is 2.59 bits per heavy atom. The van der Waals surface area contributed by atoms with E-state index >= 15 is 0 Å². The van der Waals surface area contributed by atoms with Crippen molar-refractivity contribution in [1.29, 1.82) is 0 Å². The molecule has 1 aliphatic rings.